The molecule has 5 nitrogen and oxygen atoms in total. The lowest BCUT2D eigenvalue weighted by atomic mass is 10.1. The highest BCUT2D eigenvalue weighted by Crippen LogP contribution is 2.32. The Bertz CT molecular complexity index is 624. The maximum absolute atomic E-state index is 13.5. The van der Waals surface area contributed by atoms with E-state index in [-0.39, 0.29) is 30.0 Å². The molecule has 1 aliphatic heterocycles. The van der Waals surface area contributed by atoms with Gasteiger partial charge in [-0.15, -0.1) is 12.4 Å². The zero-order valence-corrected chi connectivity index (χ0v) is 13.5. The topological polar surface area (TPSA) is 80.0 Å². The molecule has 1 aromatic carbocycles. The lowest BCUT2D eigenvalue weighted by molar-refractivity contribution is -0.139. The highest BCUT2D eigenvalue weighted by Gasteiger charge is 2.33. The lowest BCUT2D eigenvalue weighted by Gasteiger charge is -2.27. The Labute approximate surface area is 142 Å². The van der Waals surface area contributed by atoms with E-state index in [2.05, 4.69) is 9.98 Å². The van der Waals surface area contributed by atoms with E-state index in [1.165, 1.54) is 0 Å². The first-order chi connectivity index (χ1) is 10.8. The molecule has 134 valence electrons. The number of nitrogens with zero attached hydrogens (tertiary/aromatic N) is 3. The molecule has 0 spiro atoms. The van der Waals surface area contributed by atoms with Crippen molar-refractivity contribution in [3.05, 3.63) is 29.6 Å². The van der Waals surface area contributed by atoms with Crippen LogP contribution in [0.4, 0.5) is 23.2 Å². The van der Waals surface area contributed by atoms with Crippen molar-refractivity contribution >= 4 is 30.0 Å². The molecule has 0 saturated carbocycles. The number of guanidine groups is 2. The zero-order chi connectivity index (χ0) is 17.0. The monoisotopic (exact) mass is 367 g/mol. The van der Waals surface area contributed by atoms with Gasteiger partial charge in [0.2, 0.25) is 5.96 Å². The summed E-state index contributed by atoms with van der Waals surface area (Å²) in [5.41, 5.74) is 9.98. The van der Waals surface area contributed by atoms with Gasteiger partial charge in [-0.3, -0.25) is 0 Å². The molecule has 0 unspecified atom stereocenters. The molecule has 1 fully saturated rings. The smallest absolute Gasteiger partial charge is 0.369 e. The molecular formula is C14H18ClF4N5. The van der Waals surface area contributed by atoms with Crippen molar-refractivity contribution in [2.24, 2.45) is 21.5 Å². The van der Waals surface area contributed by atoms with Crippen molar-refractivity contribution in [1.29, 1.82) is 0 Å². The lowest BCUT2D eigenvalue weighted by Crippen LogP contribution is -2.41. The quantitative estimate of drug-likeness (QED) is 0.455. The summed E-state index contributed by atoms with van der Waals surface area (Å²) < 4.78 is 50.9. The minimum atomic E-state index is -4.76. The Balaban J connectivity index is 0.00000288. The maximum Gasteiger partial charge on any atom is 0.419 e. The van der Waals surface area contributed by atoms with Crippen LogP contribution in [0.1, 0.15) is 24.8 Å². The van der Waals surface area contributed by atoms with E-state index in [9.17, 15) is 17.6 Å². The largest absolute Gasteiger partial charge is 0.419 e. The highest BCUT2D eigenvalue weighted by atomic mass is 35.5. The number of rotatable bonds is 1. The molecule has 10 heteroatoms. The number of halogens is 5. The summed E-state index contributed by atoms with van der Waals surface area (Å²) in [5, 5.41) is 0. The minimum Gasteiger partial charge on any atom is -0.369 e. The molecule has 0 amide bonds. The number of hydrogen-bond acceptors (Lipinski definition) is 1. The second-order valence-electron chi connectivity index (χ2n) is 5.15. The maximum atomic E-state index is 13.5. The Morgan fingerprint density at radius 3 is 2.25 bits per heavy atom. The molecule has 1 saturated heterocycles. The molecular weight excluding hydrogens is 350 g/mol. The number of aliphatic imine (C=N–C) groups is 2. The van der Waals surface area contributed by atoms with Gasteiger partial charge in [0.15, 0.2) is 5.96 Å². The minimum absolute atomic E-state index is 0. The Hall–Kier alpha value is -2.03. The number of likely N-dealkylation sites (tertiary alicyclic amines) is 1. The first kappa shape index (κ1) is 20.0. The molecule has 1 heterocycles. The molecule has 2 rings (SSSR count). The fourth-order valence-corrected chi connectivity index (χ4v) is 2.27. The van der Waals surface area contributed by atoms with Gasteiger partial charge < -0.3 is 16.4 Å². The van der Waals surface area contributed by atoms with E-state index < -0.39 is 17.6 Å². The fraction of sp³-hybridized carbons (Fsp3) is 0.429. The third-order valence-electron chi connectivity index (χ3n) is 3.41. The molecule has 0 bridgehead atoms. The van der Waals surface area contributed by atoms with E-state index in [0.29, 0.717) is 12.1 Å². The normalized spacial score (nSPS) is 16.8. The Kier molecular flexibility index (Phi) is 6.82. The van der Waals surface area contributed by atoms with Crippen LogP contribution in [0.15, 0.2) is 28.2 Å². The summed E-state index contributed by atoms with van der Waals surface area (Å²) in [6.07, 6.45) is -1.64. The Morgan fingerprint density at radius 1 is 1.08 bits per heavy atom. The zero-order valence-electron chi connectivity index (χ0n) is 12.7. The van der Waals surface area contributed by atoms with Crippen molar-refractivity contribution in [2.75, 3.05) is 13.1 Å². The summed E-state index contributed by atoms with van der Waals surface area (Å²) >= 11 is 0. The number of nitrogens with two attached hydrogens (primary N) is 2. The predicted molar refractivity (Wildman–Crippen MR) is 87.0 cm³/mol. The van der Waals surface area contributed by atoms with Gasteiger partial charge in [0.25, 0.3) is 0 Å². The van der Waals surface area contributed by atoms with Crippen LogP contribution in [0.3, 0.4) is 0 Å². The second kappa shape index (κ2) is 8.18. The van der Waals surface area contributed by atoms with Crippen molar-refractivity contribution < 1.29 is 17.6 Å². The molecule has 4 N–H and O–H groups in total. The van der Waals surface area contributed by atoms with Crippen LogP contribution in [0.25, 0.3) is 0 Å². The van der Waals surface area contributed by atoms with Crippen molar-refractivity contribution in [3.63, 3.8) is 0 Å². The van der Waals surface area contributed by atoms with Crippen LogP contribution < -0.4 is 11.5 Å². The molecule has 0 aromatic heterocycles. The summed E-state index contributed by atoms with van der Waals surface area (Å²) in [6, 6.07) is 2.28. The molecule has 24 heavy (non-hydrogen) atoms. The predicted octanol–water partition coefficient (Wildman–Crippen LogP) is 3.01. The SMILES string of the molecule is Cl.NC(=Nc1ccc(C(F)(F)F)c(F)c1)N=C(N)N1CCCCC1. The van der Waals surface area contributed by atoms with Crippen molar-refractivity contribution in [3.8, 4) is 0 Å². The van der Waals surface area contributed by atoms with E-state index in [0.717, 1.165) is 38.4 Å². The molecule has 0 aliphatic carbocycles. The number of piperidine rings is 1. The second-order valence-corrected chi connectivity index (χ2v) is 5.15. The summed E-state index contributed by atoms with van der Waals surface area (Å²) in [6.45, 7) is 1.52. The molecule has 0 radical (unpaired) electrons. The summed E-state index contributed by atoms with van der Waals surface area (Å²) in [4.78, 5) is 9.52. The standard InChI is InChI=1S/C14H17F4N5.ClH/c15-11-8-9(4-5-10(11)14(16,17)18)21-12(19)22-13(20)23-6-2-1-3-7-23;/h4-5,8H,1-3,6-7H2,(H4,19,20,21,22);1H. The average Bonchev–Trinajstić information content (AvgIpc) is 2.46. The molecule has 0 atom stereocenters. The summed E-state index contributed by atoms with van der Waals surface area (Å²) in [7, 11) is 0. The van der Waals surface area contributed by atoms with Gasteiger partial charge in [-0.25, -0.2) is 9.38 Å². The van der Waals surface area contributed by atoms with Gasteiger partial charge >= 0.3 is 6.18 Å². The van der Waals surface area contributed by atoms with Gasteiger partial charge in [0, 0.05) is 19.2 Å². The van der Waals surface area contributed by atoms with Gasteiger partial charge in [-0.1, -0.05) is 0 Å². The molecule has 1 aromatic rings. The van der Waals surface area contributed by atoms with Crippen molar-refractivity contribution in [1.82, 2.24) is 4.90 Å². The van der Waals surface area contributed by atoms with Gasteiger partial charge in [-0.05, 0) is 31.4 Å². The number of benzene rings is 1. The van der Waals surface area contributed by atoms with Crippen LogP contribution in [0.2, 0.25) is 0 Å². The van der Waals surface area contributed by atoms with E-state index in [1.807, 2.05) is 4.90 Å². The van der Waals surface area contributed by atoms with Gasteiger partial charge in [0.05, 0.1) is 11.3 Å². The van der Waals surface area contributed by atoms with E-state index >= 15 is 0 Å². The van der Waals surface area contributed by atoms with Crippen LogP contribution in [-0.4, -0.2) is 29.9 Å². The third-order valence-corrected chi connectivity index (χ3v) is 3.41. The highest BCUT2D eigenvalue weighted by molar-refractivity contribution is 5.94. The van der Waals surface area contributed by atoms with Crippen LogP contribution >= 0.6 is 12.4 Å². The van der Waals surface area contributed by atoms with E-state index in [1.54, 1.807) is 0 Å². The van der Waals surface area contributed by atoms with Crippen LogP contribution in [-0.2, 0) is 6.18 Å². The van der Waals surface area contributed by atoms with Crippen LogP contribution in [0.5, 0.6) is 0 Å². The summed E-state index contributed by atoms with van der Waals surface area (Å²) in [5.74, 6) is -1.47. The third kappa shape index (κ3) is 5.26. The first-order valence-corrected chi connectivity index (χ1v) is 7.07. The fourth-order valence-electron chi connectivity index (χ4n) is 2.27. The van der Waals surface area contributed by atoms with Gasteiger partial charge in [-0.2, -0.15) is 18.2 Å². The average molecular weight is 368 g/mol. The van der Waals surface area contributed by atoms with Gasteiger partial charge in [0.1, 0.15) is 5.82 Å². The number of hydrogen-bond donors (Lipinski definition) is 2. The van der Waals surface area contributed by atoms with E-state index in [4.69, 9.17) is 11.5 Å². The molecule has 1 aliphatic rings. The van der Waals surface area contributed by atoms with Crippen LogP contribution in [0, 0.1) is 5.82 Å². The number of alkyl halides is 3. The Morgan fingerprint density at radius 2 is 1.71 bits per heavy atom. The van der Waals surface area contributed by atoms with Crippen molar-refractivity contribution in [2.45, 2.75) is 25.4 Å². The first-order valence-electron chi connectivity index (χ1n) is 7.07.